The van der Waals surface area contributed by atoms with Crippen molar-refractivity contribution < 1.29 is 9.94 Å². The molecule has 0 aliphatic carbocycles. The number of nitrogens with two attached hydrogens (primary N) is 1. The molecule has 0 saturated heterocycles. The number of benzene rings is 2. The van der Waals surface area contributed by atoms with Crippen molar-refractivity contribution in [1.29, 1.82) is 0 Å². The summed E-state index contributed by atoms with van der Waals surface area (Å²) < 4.78 is 5.78. The summed E-state index contributed by atoms with van der Waals surface area (Å²) >= 11 is 12.0. The third kappa shape index (κ3) is 2.98. The Hall–Kier alpha value is -1.91. The van der Waals surface area contributed by atoms with Crippen LogP contribution in [0.2, 0.25) is 10.0 Å². The molecule has 2 aromatic rings. The van der Waals surface area contributed by atoms with Crippen LogP contribution in [0.1, 0.15) is 11.1 Å². The number of nitrogens with zero attached hydrogens (tertiary/aromatic N) is 1. The van der Waals surface area contributed by atoms with E-state index in [4.69, 9.17) is 38.9 Å². The molecular formula is C14H12Cl2N2O2. The molecule has 104 valence electrons. The summed E-state index contributed by atoms with van der Waals surface area (Å²) in [5.74, 6) is 0.902. The molecule has 3 N–H and O–H groups in total. The number of oxime groups is 1. The number of hydrogen-bond acceptors (Lipinski definition) is 3. The lowest BCUT2D eigenvalue weighted by Crippen LogP contribution is -2.15. The van der Waals surface area contributed by atoms with Crippen molar-refractivity contribution in [3.8, 4) is 11.5 Å². The Morgan fingerprint density at radius 3 is 2.60 bits per heavy atom. The number of ether oxygens (including phenoxy) is 1. The Kier molecular flexibility index (Phi) is 4.37. The van der Waals surface area contributed by atoms with Gasteiger partial charge in [-0.15, -0.1) is 0 Å². The highest BCUT2D eigenvalue weighted by Crippen LogP contribution is 2.32. The van der Waals surface area contributed by atoms with Crippen LogP contribution in [0.4, 0.5) is 0 Å². The third-order valence-electron chi connectivity index (χ3n) is 2.70. The Labute approximate surface area is 126 Å². The highest BCUT2D eigenvalue weighted by atomic mass is 35.5. The van der Waals surface area contributed by atoms with Gasteiger partial charge in [-0.1, -0.05) is 34.4 Å². The van der Waals surface area contributed by atoms with Crippen LogP contribution in [0.25, 0.3) is 0 Å². The maximum absolute atomic E-state index is 8.83. The molecule has 0 unspecified atom stereocenters. The molecule has 0 fully saturated rings. The summed E-state index contributed by atoms with van der Waals surface area (Å²) in [6.45, 7) is 1.87. The van der Waals surface area contributed by atoms with E-state index in [1.807, 2.05) is 6.92 Å². The first-order chi connectivity index (χ1) is 9.52. The maximum Gasteiger partial charge on any atom is 0.175 e. The van der Waals surface area contributed by atoms with Gasteiger partial charge in [0.15, 0.2) is 5.84 Å². The third-order valence-corrected chi connectivity index (χ3v) is 3.25. The molecule has 0 atom stereocenters. The molecule has 0 bridgehead atoms. The average molecular weight is 311 g/mol. The minimum absolute atomic E-state index is 0.114. The van der Waals surface area contributed by atoms with Gasteiger partial charge in [0.25, 0.3) is 0 Å². The van der Waals surface area contributed by atoms with Gasteiger partial charge in [-0.3, -0.25) is 0 Å². The van der Waals surface area contributed by atoms with Gasteiger partial charge in [-0.05, 0) is 42.8 Å². The zero-order valence-electron chi connectivity index (χ0n) is 10.6. The summed E-state index contributed by atoms with van der Waals surface area (Å²) in [5.41, 5.74) is 6.83. The van der Waals surface area contributed by atoms with E-state index in [0.717, 1.165) is 5.56 Å². The fourth-order valence-electron chi connectivity index (χ4n) is 1.73. The molecule has 0 saturated carbocycles. The number of aryl methyl sites for hydroxylation is 1. The number of hydrogen-bond donors (Lipinski definition) is 2. The highest BCUT2D eigenvalue weighted by Gasteiger charge is 2.14. The van der Waals surface area contributed by atoms with E-state index >= 15 is 0 Å². The molecule has 2 rings (SSSR count). The Morgan fingerprint density at radius 2 is 1.95 bits per heavy atom. The first kappa shape index (κ1) is 14.5. The largest absolute Gasteiger partial charge is 0.456 e. The number of amidine groups is 1. The highest BCUT2D eigenvalue weighted by molar-refractivity contribution is 6.34. The minimum Gasteiger partial charge on any atom is -0.456 e. The normalized spacial score (nSPS) is 11.4. The van der Waals surface area contributed by atoms with Gasteiger partial charge in [-0.2, -0.15) is 0 Å². The fraction of sp³-hybridized carbons (Fsp3) is 0.0714. The topological polar surface area (TPSA) is 67.8 Å². The Morgan fingerprint density at radius 1 is 1.20 bits per heavy atom. The molecule has 2 aromatic carbocycles. The van der Waals surface area contributed by atoms with E-state index in [-0.39, 0.29) is 5.84 Å². The Balaban J connectivity index is 2.46. The van der Waals surface area contributed by atoms with E-state index in [2.05, 4.69) is 5.16 Å². The van der Waals surface area contributed by atoms with Crippen molar-refractivity contribution in [3.05, 3.63) is 57.6 Å². The summed E-state index contributed by atoms with van der Waals surface area (Å²) in [7, 11) is 0. The molecule has 0 aliphatic rings. The van der Waals surface area contributed by atoms with Crippen LogP contribution in [-0.4, -0.2) is 11.0 Å². The predicted molar refractivity (Wildman–Crippen MR) is 80.2 cm³/mol. The van der Waals surface area contributed by atoms with Gasteiger partial charge in [0.05, 0.1) is 10.6 Å². The van der Waals surface area contributed by atoms with Crippen molar-refractivity contribution in [1.82, 2.24) is 0 Å². The zero-order chi connectivity index (χ0) is 14.7. The first-order valence-corrected chi connectivity index (χ1v) is 6.49. The van der Waals surface area contributed by atoms with Crippen LogP contribution in [0, 0.1) is 6.92 Å². The van der Waals surface area contributed by atoms with E-state index in [1.54, 1.807) is 36.4 Å². The first-order valence-electron chi connectivity index (χ1n) is 5.73. The summed E-state index contributed by atoms with van der Waals surface area (Å²) in [6.07, 6.45) is 0. The second kappa shape index (κ2) is 6.03. The lowest BCUT2D eigenvalue weighted by Gasteiger charge is -2.13. The van der Waals surface area contributed by atoms with Gasteiger partial charge < -0.3 is 15.7 Å². The monoisotopic (exact) mass is 310 g/mol. The standard InChI is InChI=1S/C14H12Cl2N2O2/c1-8-7-9(15)5-6-11(8)20-12-4-2-3-10(16)13(12)14(17)18-19/h2-7,19H,1H3,(H2,17,18). The van der Waals surface area contributed by atoms with Gasteiger partial charge in [0.2, 0.25) is 0 Å². The molecule has 0 aliphatic heterocycles. The van der Waals surface area contributed by atoms with Crippen LogP contribution in [0.15, 0.2) is 41.6 Å². The van der Waals surface area contributed by atoms with Crippen LogP contribution >= 0.6 is 23.2 Å². The molecule has 0 spiro atoms. The van der Waals surface area contributed by atoms with Crippen molar-refractivity contribution in [2.75, 3.05) is 0 Å². The van der Waals surface area contributed by atoms with Crippen molar-refractivity contribution in [2.45, 2.75) is 6.92 Å². The maximum atomic E-state index is 8.83. The zero-order valence-corrected chi connectivity index (χ0v) is 12.1. The minimum atomic E-state index is -0.114. The smallest absolute Gasteiger partial charge is 0.175 e. The molecule has 0 aromatic heterocycles. The molecule has 0 amide bonds. The van der Waals surface area contributed by atoms with Gasteiger partial charge >= 0.3 is 0 Å². The number of halogens is 2. The van der Waals surface area contributed by atoms with Crippen molar-refractivity contribution >= 4 is 29.0 Å². The summed E-state index contributed by atoms with van der Waals surface area (Å²) in [5, 5.41) is 12.8. The quantitative estimate of drug-likeness (QED) is 0.386. The summed E-state index contributed by atoms with van der Waals surface area (Å²) in [4.78, 5) is 0. The van der Waals surface area contributed by atoms with Gasteiger partial charge in [-0.25, -0.2) is 0 Å². The lowest BCUT2D eigenvalue weighted by atomic mass is 10.1. The molecule has 0 radical (unpaired) electrons. The Bertz CT molecular complexity index is 672. The van der Waals surface area contributed by atoms with Crippen LogP contribution in [0.3, 0.4) is 0 Å². The molecular weight excluding hydrogens is 299 g/mol. The average Bonchev–Trinajstić information content (AvgIpc) is 2.41. The second-order valence-electron chi connectivity index (χ2n) is 4.11. The second-order valence-corrected chi connectivity index (χ2v) is 4.95. The van der Waals surface area contributed by atoms with E-state index in [1.165, 1.54) is 0 Å². The SMILES string of the molecule is Cc1cc(Cl)ccc1Oc1cccc(Cl)c1C(N)=NO. The van der Waals surface area contributed by atoms with Gasteiger partial charge in [0.1, 0.15) is 11.5 Å². The van der Waals surface area contributed by atoms with E-state index < -0.39 is 0 Å². The van der Waals surface area contributed by atoms with Crippen LogP contribution in [0.5, 0.6) is 11.5 Å². The molecule has 0 heterocycles. The van der Waals surface area contributed by atoms with Crippen LogP contribution in [-0.2, 0) is 0 Å². The fourth-order valence-corrected chi connectivity index (χ4v) is 2.22. The molecule has 4 nitrogen and oxygen atoms in total. The van der Waals surface area contributed by atoms with Gasteiger partial charge in [0, 0.05) is 5.02 Å². The summed E-state index contributed by atoms with van der Waals surface area (Å²) in [6, 6.07) is 10.3. The van der Waals surface area contributed by atoms with Crippen molar-refractivity contribution in [3.63, 3.8) is 0 Å². The molecule has 6 heteroatoms. The molecule has 20 heavy (non-hydrogen) atoms. The van der Waals surface area contributed by atoms with E-state index in [9.17, 15) is 0 Å². The lowest BCUT2D eigenvalue weighted by molar-refractivity contribution is 0.318. The predicted octanol–water partition coefficient (Wildman–Crippen LogP) is 4.19. The van der Waals surface area contributed by atoms with E-state index in [0.29, 0.717) is 27.1 Å². The van der Waals surface area contributed by atoms with Crippen molar-refractivity contribution in [2.24, 2.45) is 10.9 Å². The number of rotatable bonds is 3. The van der Waals surface area contributed by atoms with Crippen LogP contribution < -0.4 is 10.5 Å².